The fourth-order valence-corrected chi connectivity index (χ4v) is 6.02. The highest BCUT2D eigenvalue weighted by atomic mass is 32.2. The molecule has 0 bridgehead atoms. The average molecular weight is 427 g/mol. The molecular formula is C24H30N2O3S. The van der Waals surface area contributed by atoms with E-state index >= 15 is 0 Å². The van der Waals surface area contributed by atoms with Gasteiger partial charge in [-0.2, -0.15) is 0 Å². The molecule has 2 aliphatic rings. The van der Waals surface area contributed by atoms with E-state index in [1.165, 1.54) is 30.0 Å². The minimum absolute atomic E-state index is 0.0526. The smallest absolute Gasteiger partial charge is 0.264 e. The fourth-order valence-electron chi connectivity index (χ4n) is 4.48. The lowest BCUT2D eigenvalue weighted by atomic mass is 10.00. The third-order valence-corrected chi connectivity index (χ3v) is 8.04. The number of rotatable bonds is 4. The maximum Gasteiger partial charge on any atom is 0.264 e. The van der Waals surface area contributed by atoms with E-state index < -0.39 is 10.0 Å². The molecule has 4 rings (SSSR count). The van der Waals surface area contributed by atoms with Gasteiger partial charge in [-0.05, 0) is 68.5 Å². The van der Waals surface area contributed by atoms with Gasteiger partial charge in [0.25, 0.3) is 15.9 Å². The van der Waals surface area contributed by atoms with Gasteiger partial charge >= 0.3 is 0 Å². The molecule has 30 heavy (non-hydrogen) atoms. The van der Waals surface area contributed by atoms with Gasteiger partial charge < -0.3 is 5.32 Å². The topological polar surface area (TPSA) is 66.5 Å². The van der Waals surface area contributed by atoms with Crippen LogP contribution in [-0.4, -0.2) is 26.9 Å². The van der Waals surface area contributed by atoms with Gasteiger partial charge in [-0.3, -0.25) is 9.10 Å². The van der Waals surface area contributed by atoms with Crippen LogP contribution in [0.15, 0.2) is 47.4 Å². The third kappa shape index (κ3) is 4.38. The summed E-state index contributed by atoms with van der Waals surface area (Å²) in [5, 5.41) is 3.18. The van der Waals surface area contributed by atoms with Crippen molar-refractivity contribution in [1.82, 2.24) is 5.32 Å². The summed E-state index contributed by atoms with van der Waals surface area (Å²) in [6.07, 6.45) is 8.43. The molecule has 2 aromatic carbocycles. The Kier molecular flexibility index (Phi) is 6.14. The number of hydrogen-bond acceptors (Lipinski definition) is 3. The number of nitrogens with one attached hydrogen (secondary N) is 1. The quantitative estimate of drug-likeness (QED) is 0.727. The zero-order valence-corrected chi connectivity index (χ0v) is 18.4. The van der Waals surface area contributed by atoms with Gasteiger partial charge in [0.2, 0.25) is 0 Å². The fraction of sp³-hybridized carbons (Fsp3) is 0.458. The Morgan fingerprint density at radius 3 is 2.37 bits per heavy atom. The number of nitrogens with zero attached hydrogens (tertiary/aromatic N) is 1. The van der Waals surface area contributed by atoms with Crippen LogP contribution in [0.5, 0.6) is 0 Å². The van der Waals surface area contributed by atoms with E-state index in [-0.39, 0.29) is 11.9 Å². The Hall–Kier alpha value is -2.34. The highest BCUT2D eigenvalue weighted by molar-refractivity contribution is 7.92. The minimum atomic E-state index is -3.62. The zero-order valence-electron chi connectivity index (χ0n) is 17.6. The molecule has 0 radical (unpaired) electrons. The Morgan fingerprint density at radius 2 is 1.67 bits per heavy atom. The van der Waals surface area contributed by atoms with Gasteiger partial charge in [-0.25, -0.2) is 8.42 Å². The van der Waals surface area contributed by atoms with Crippen LogP contribution in [0.1, 0.15) is 66.4 Å². The predicted molar refractivity (Wildman–Crippen MR) is 119 cm³/mol. The standard InChI is InChI=1S/C24H30N2O3S/c1-18-10-13-22(14-11-18)30(28,29)26-16-6-7-19-17-20(12-15-23(19)26)24(27)25-21-8-4-2-3-5-9-21/h10-15,17,21H,2-9,16H2,1H3,(H,25,27). The summed E-state index contributed by atoms with van der Waals surface area (Å²) in [5.74, 6) is -0.0526. The number of fused-ring (bicyclic) bond motifs is 1. The van der Waals surface area contributed by atoms with Crippen LogP contribution in [0.4, 0.5) is 5.69 Å². The summed E-state index contributed by atoms with van der Waals surface area (Å²) >= 11 is 0. The molecule has 1 saturated carbocycles. The van der Waals surface area contributed by atoms with Crippen molar-refractivity contribution >= 4 is 21.6 Å². The van der Waals surface area contributed by atoms with E-state index in [0.29, 0.717) is 22.7 Å². The molecule has 1 N–H and O–H groups in total. The van der Waals surface area contributed by atoms with E-state index in [4.69, 9.17) is 0 Å². The third-order valence-electron chi connectivity index (χ3n) is 6.22. The largest absolute Gasteiger partial charge is 0.349 e. The second kappa shape index (κ2) is 8.80. The SMILES string of the molecule is Cc1ccc(S(=O)(=O)N2CCCc3cc(C(=O)NC4CCCCCC4)ccc32)cc1. The number of carbonyl (C=O) groups excluding carboxylic acids is 1. The van der Waals surface area contributed by atoms with E-state index in [9.17, 15) is 13.2 Å². The van der Waals surface area contributed by atoms with Crippen LogP contribution in [0.25, 0.3) is 0 Å². The number of anilines is 1. The summed E-state index contributed by atoms with van der Waals surface area (Å²) in [4.78, 5) is 13.1. The van der Waals surface area contributed by atoms with Gasteiger partial charge in [0.15, 0.2) is 0 Å². The number of amides is 1. The van der Waals surface area contributed by atoms with Crippen molar-refractivity contribution in [2.45, 2.75) is 69.2 Å². The van der Waals surface area contributed by atoms with Gasteiger partial charge in [-0.1, -0.05) is 43.4 Å². The first-order valence-corrected chi connectivity index (χ1v) is 12.4. The summed E-state index contributed by atoms with van der Waals surface area (Å²) in [6, 6.07) is 12.6. The second-order valence-electron chi connectivity index (χ2n) is 8.50. The van der Waals surface area contributed by atoms with Gasteiger partial charge in [0.05, 0.1) is 10.6 Å². The van der Waals surface area contributed by atoms with E-state index in [1.807, 2.05) is 25.1 Å². The zero-order chi connectivity index (χ0) is 21.1. The first-order valence-electron chi connectivity index (χ1n) is 11.0. The van der Waals surface area contributed by atoms with Crippen LogP contribution in [0.2, 0.25) is 0 Å². The van der Waals surface area contributed by atoms with Crippen molar-refractivity contribution in [2.24, 2.45) is 0 Å². The first-order chi connectivity index (χ1) is 14.4. The van der Waals surface area contributed by atoms with Gasteiger partial charge in [0, 0.05) is 18.2 Å². The van der Waals surface area contributed by atoms with E-state index in [2.05, 4.69) is 5.32 Å². The number of hydrogen-bond donors (Lipinski definition) is 1. The van der Waals surface area contributed by atoms with Crippen molar-refractivity contribution in [2.75, 3.05) is 10.8 Å². The molecule has 1 heterocycles. The molecular weight excluding hydrogens is 396 g/mol. The van der Waals surface area contributed by atoms with Crippen molar-refractivity contribution in [1.29, 1.82) is 0 Å². The van der Waals surface area contributed by atoms with Crippen molar-refractivity contribution < 1.29 is 13.2 Å². The second-order valence-corrected chi connectivity index (χ2v) is 10.4. The molecule has 1 amide bonds. The Labute approximate surface area is 179 Å². The van der Waals surface area contributed by atoms with Crippen molar-refractivity contribution in [3.63, 3.8) is 0 Å². The number of aryl methyl sites for hydroxylation is 2. The molecule has 1 fully saturated rings. The summed E-state index contributed by atoms with van der Waals surface area (Å²) in [5.41, 5.74) is 3.25. The van der Waals surface area contributed by atoms with E-state index in [0.717, 1.165) is 36.8 Å². The molecule has 0 aromatic heterocycles. The lowest BCUT2D eigenvalue weighted by molar-refractivity contribution is 0.0933. The summed E-state index contributed by atoms with van der Waals surface area (Å²) in [7, 11) is -3.62. The molecule has 2 aromatic rings. The minimum Gasteiger partial charge on any atom is -0.349 e. The summed E-state index contributed by atoms with van der Waals surface area (Å²) < 4.78 is 27.9. The molecule has 1 aliphatic heterocycles. The predicted octanol–water partition coefficient (Wildman–Crippen LogP) is 4.59. The maximum absolute atomic E-state index is 13.2. The van der Waals surface area contributed by atoms with Crippen molar-refractivity contribution in [3.8, 4) is 0 Å². The van der Waals surface area contributed by atoms with Crippen LogP contribution < -0.4 is 9.62 Å². The molecule has 6 heteroatoms. The van der Waals surface area contributed by atoms with E-state index in [1.54, 1.807) is 24.3 Å². The van der Waals surface area contributed by atoms with Crippen LogP contribution in [0, 0.1) is 6.92 Å². The van der Waals surface area contributed by atoms with Crippen LogP contribution >= 0.6 is 0 Å². The number of carbonyl (C=O) groups is 1. The molecule has 0 unspecified atom stereocenters. The molecule has 0 spiro atoms. The Balaban J connectivity index is 1.56. The average Bonchev–Trinajstić information content (AvgIpc) is 3.02. The molecule has 1 aliphatic carbocycles. The van der Waals surface area contributed by atoms with Crippen LogP contribution in [0.3, 0.4) is 0 Å². The molecule has 0 saturated heterocycles. The monoisotopic (exact) mass is 426 g/mol. The highest BCUT2D eigenvalue weighted by Gasteiger charge is 2.29. The Bertz CT molecular complexity index is 1010. The molecule has 5 nitrogen and oxygen atoms in total. The Morgan fingerprint density at radius 1 is 0.967 bits per heavy atom. The normalized spacial score (nSPS) is 17.8. The van der Waals surface area contributed by atoms with Crippen molar-refractivity contribution in [3.05, 3.63) is 59.2 Å². The molecule has 160 valence electrons. The number of benzene rings is 2. The highest BCUT2D eigenvalue weighted by Crippen LogP contribution is 2.33. The lowest BCUT2D eigenvalue weighted by Crippen LogP contribution is -2.36. The molecule has 0 atom stereocenters. The maximum atomic E-state index is 13.2. The first kappa shape index (κ1) is 20.9. The van der Waals surface area contributed by atoms with Crippen LogP contribution in [-0.2, 0) is 16.4 Å². The number of sulfonamides is 1. The summed E-state index contributed by atoms with van der Waals surface area (Å²) in [6.45, 7) is 2.39. The lowest BCUT2D eigenvalue weighted by Gasteiger charge is -2.31. The van der Waals surface area contributed by atoms with Gasteiger partial charge in [-0.15, -0.1) is 0 Å². The van der Waals surface area contributed by atoms with Gasteiger partial charge in [0.1, 0.15) is 0 Å².